The third-order valence-corrected chi connectivity index (χ3v) is 7.94. The molecule has 0 aromatic rings. The highest BCUT2D eigenvalue weighted by atomic mass is 28.4. The number of ketones is 1. The molecule has 0 heterocycles. The Bertz CT molecular complexity index is 634. The van der Waals surface area contributed by atoms with E-state index in [-0.39, 0.29) is 17.3 Å². The van der Waals surface area contributed by atoms with Gasteiger partial charge < -0.3 is 9.74 Å². The van der Waals surface area contributed by atoms with E-state index < -0.39 is 32.4 Å². The van der Waals surface area contributed by atoms with Gasteiger partial charge in [0.25, 0.3) is 0 Å². The second kappa shape index (κ2) is 8.33. The summed E-state index contributed by atoms with van der Waals surface area (Å²) in [5.41, 5.74) is -2.54. The van der Waals surface area contributed by atoms with Crippen molar-refractivity contribution >= 4 is 20.0 Å². The molecule has 1 amide bonds. The van der Waals surface area contributed by atoms with E-state index in [9.17, 15) is 22.8 Å². The number of carbonyl (C=O) groups excluding carboxylic acids is 2. The zero-order chi connectivity index (χ0) is 22.3. The molecule has 2 unspecified atom stereocenters. The third kappa shape index (κ3) is 5.43. The molecule has 0 aromatic carbocycles. The first-order valence-electron chi connectivity index (χ1n) is 10.7. The topological polar surface area (TPSA) is 55.4 Å². The largest absolute Gasteiger partial charge is 0.416 e. The Morgan fingerprint density at radius 1 is 1.31 bits per heavy atom. The van der Waals surface area contributed by atoms with Crippen LogP contribution in [0.1, 0.15) is 59.3 Å². The van der Waals surface area contributed by atoms with Gasteiger partial charge in [0.15, 0.2) is 13.9 Å². The molecule has 168 valence electrons. The van der Waals surface area contributed by atoms with Crippen molar-refractivity contribution in [3.05, 3.63) is 0 Å². The van der Waals surface area contributed by atoms with Gasteiger partial charge in [0.2, 0.25) is 5.91 Å². The summed E-state index contributed by atoms with van der Waals surface area (Å²) in [4.78, 5) is 24.7. The van der Waals surface area contributed by atoms with Crippen molar-refractivity contribution in [2.75, 3.05) is 6.54 Å². The standard InChI is InChI=1S/C21H36F3NO3Si/c1-14(15-9-10-16-17(26)8-7-11-19(15,16)2)13-25-18(27)12-20(3,21(22,23)24)28-29(4,5)6/h14-16H,7-13H2,1-6H3,(H,25,27)/t14?,15-,16+,19-,20?/m1/s1. The highest BCUT2D eigenvalue weighted by molar-refractivity contribution is 6.69. The van der Waals surface area contributed by atoms with Crippen molar-refractivity contribution in [2.45, 2.75) is 90.7 Å². The van der Waals surface area contributed by atoms with E-state index in [1.807, 2.05) is 6.92 Å². The number of halogens is 3. The van der Waals surface area contributed by atoms with E-state index in [2.05, 4.69) is 12.2 Å². The maximum atomic E-state index is 13.6. The van der Waals surface area contributed by atoms with Crippen molar-refractivity contribution in [3.8, 4) is 0 Å². The fraction of sp³-hybridized carbons (Fsp3) is 0.905. The second-order valence-corrected chi connectivity index (χ2v) is 14.9. The summed E-state index contributed by atoms with van der Waals surface area (Å²) in [5, 5.41) is 2.71. The summed E-state index contributed by atoms with van der Waals surface area (Å²) >= 11 is 0. The van der Waals surface area contributed by atoms with E-state index in [0.717, 1.165) is 32.6 Å². The first-order valence-corrected chi connectivity index (χ1v) is 14.1. The lowest BCUT2D eigenvalue weighted by Crippen LogP contribution is -2.53. The summed E-state index contributed by atoms with van der Waals surface area (Å²) in [7, 11) is -2.50. The number of amides is 1. The lowest BCUT2D eigenvalue weighted by Gasteiger charge is -2.42. The smallest absolute Gasteiger partial charge is 0.403 e. The van der Waals surface area contributed by atoms with Crippen molar-refractivity contribution in [1.82, 2.24) is 5.32 Å². The van der Waals surface area contributed by atoms with Gasteiger partial charge in [-0.15, -0.1) is 0 Å². The second-order valence-electron chi connectivity index (χ2n) is 10.5. The van der Waals surface area contributed by atoms with Crippen LogP contribution < -0.4 is 5.32 Å². The number of Topliss-reactive ketones (excluding diaryl/α,β-unsaturated/α-hetero) is 1. The summed E-state index contributed by atoms with van der Waals surface area (Å²) in [5.74, 6) is 0.202. The first kappa shape index (κ1) is 24.4. The molecule has 0 saturated heterocycles. The summed E-state index contributed by atoms with van der Waals surface area (Å²) in [6, 6.07) is 0. The minimum absolute atomic E-state index is 0.0547. The van der Waals surface area contributed by atoms with Crippen LogP contribution in [0.4, 0.5) is 13.2 Å². The van der Waals surface area contributed by atoms with Crippen LogP contribution in [0.5, 0.6) is 0 Å². The zero-order valence-electron chi connectivity index (χ0n) is 18.5. The van der Waals surface area contributed by atoms with Gasteiger partial charge in [0.1, 0.15) is 5.78 Å². The molecule has 2 rings (SSSR count). The third-order valence-electron chi connectivity index (χ3n) is 6.87. The van der Waals surface area contributed by atoms with Gasteiger partial charge >= 0.3 is 6.18 Å². The van der Waals surface area contributed by atoms with E-state index in [0.29, 0.717) is 24.7 Å². The quantitative estimate of drug-likeness (QED) is 0.567. The SMILES string of the molecule is CC(CNC(=O)CC(C)(O[Si](C)(C)C)C(F)(F)F)[C@H]1CC[C@H]2C(=O)CCC[C@]12C. The van der Waals surface area contributed by atoms with E-state index in [1.54, 1.807) is 19.6 Å². The predicted molar refractivity (Wildman–Crippen MR) is 109 cm³/mol. The number of fused-ring (bicyclic) bond motifs is 1. The minimum Gasteiger partial charge on any atom is -0.403 e. The van der Waals surface area contributed by atoms with Crippen LogP contribution in [0.2, 0.25) is 19.6 Å². The fourth-order valence-electron chi connectivity index (χ4n) is 5.56. The summed E-state index contributed by atoms with van der Waals surface area (Å²) in [6.45, 7) is 10.5. The van der Waals surface area contributed by atoms with Gasteiger partial charge in [-0.05, 0) is 69.5 Å². The lowest BCUT2D eigenvalue weighted by atomic mass is 9.62. The Morgan fingerprint density at radius 3 is 2.48 bits per heavy atom. The molecule has 0 aliphatic heterocycles. The number of rotatable bonds is 7. The van der Waals surface area contributed by atoms with Gasteiger partial charge in [0.05, 0.1) is 6.42 Å². The molecule has 2 aliphatic rings. The Balaban J connectivity index is 1.98. The maximum absolute atomic E-state index is 13.6. The van der Waals surface area contributed by atoms with E-state index in [4.69, 9.17) is 4.43 Å². The van der Waals surface area contributed by atoms with Crippen molar-refractivity contribution in [2.24, 2.45) is 23.2 Å². The van der Waals surface area contributed by atoms with E-state index in [1.165, 1.54) is 0 Å². The minimum atomic E-state index is -4.62. The van der Waals surface area contributed by atoms with Crippen LogP contribution in [0.3, 0.4) is 0 Å². The molecule has 0 bridgehead atoms. The number of hydrogen-bond donors (Lipinski definition) is 1. The molecular weight excluding hydrogens is 399 g/mol. The Labute approximate surface area is 173 Å². The van der Waals surface area contributed by atoms with E-state index >= 15 is 0 Å². The average Bonchev–Trinajstić information content (AvgIpc) is 2.88. The Kier molecular flexibility index (Phi) is 7.00. The van der Waals surface area contributed by atoms with Crippen molar-refractivity contribution in [3.63, 3.8) is 0 Å². The molecule has 1 N–H and O–H groups in total. The van der Waals surface area contributed by atoms with Gasteiger partial charge in [0, 0.05) is 18.9 Å². The van der Waals surface area contributed by atoms with Crippen LogP contribution >= 0.6 is 0 Å². The Morgan fingerprint density at radius 2 is 1.93 bits per heavy atom. The monoisotopic (exact) mass is 435 g/mol. The number of hydrogen-bond acceptors (Lipinski definition) is 3. The van der Waals surface area contributed by atoms with Crippen LogP contribution in [-0.2, 0) is 14.0 Å². The molecule has 0 spiro atoms. The number of alkyl halides is 3. The van der Waals surface area contributed by atoms with Gasteiger partial charge in [-0.2, -0.15) is 13.2 Å². The molecule has 29 heavy (non-hydrogen) atoms. The summed E-state index contributed by atoms with van der Waals surface area (Å²) < 4.78 is 46.2. The summed E-state index contributed by atoms with van der Waals surface area (Å²) in [6.07, 6.45) is -0.980. The van der Waals surface area contributed by atoms with Crippen molar-refractivity contribution < 1.29 is 27.2 Å². The highest BCUT2D eigenvalue weighted by Gasteiger charge is 2.55. The fourth-order valence-corrected chi connectivity index (χ4v) is 7.10. The first-order chi connectivity index (χ1) is 13.1. The molecule has 2 fully saturated rings. The molecule has 2 aliphatic carbocycles. The molecular formula is C21H36F3NO3Si. The molecule has 8 heteroatoms. The Hall–Kier alpha value is -0.893. The van der Waals surface area contributed by atoms with Crippen LogP contribution in [0.25, 0.3) is 0 Å². The number of nitrogens with one attached hydrogen (secondary N) is 1. The number of carbonyl (C=O) groups is 2. The maximum Gasteiger partial charge on any atom is 0.416 e. The molecule has 4 nitrogen and oxygen atoms in total. The molecule has 0 radical (unpaired) electrons. The normalized spacial score (nSPS) is 31.1. The van der Waals surface area contributed by atoms with Gasteiger partial charge in [-0.1, -0.05) is 13.8 Å². The van der Waals surface area contributed by atoms with Crippen LogP contribution in [0, 0.1) is 23.2 Å². The highest BCUT2D eigenvalue weighted by Crippen LogP contribution is 2.56. The zero-order valence-corrected chi connectivity index (χ0v) is 19.5. The van der Waals surface area contributed by atoms with Crippen LogP contribution in [0.15, 0.2) is 0 Å². The molecule has 5 atom stereocenters. The van der Waals surface area contributed by atoms with Crippen LogP contribution in [-0.4, -0.2) is 38.3 Å². The van der Waals surface area contributed by atoms with Gasteiger partial charge in [-0.25, -0.2) is 0 Å². The van der Waals surface area contributed by atoms with Gasteiger partial charge in [-0.3, -0.25) is 9.59 Å². The lowest BCUT2D eigenvalue weighted by molar-refractivity contribution is -0.246. The molecule has 0 aromatic heterocycles. The average molecular weight is 436 g/mol. The predicted octanol–water partition coefficient (Wildman–Crippen LogP) is 5.09. The van der Waals surface area contributed by atoms with Crippen molar-refractivity contribution in [1.29, 1.82) is 0 Å². The molecule has 2 saturated carbocycles.